The fraction of sp³-hybridized carbons (Fsp3) is 0.0435. The van der Waals surface area contributed by atoms with Gasteiger partial charge in [-0.25, -0.2) is 9.67 Å². The summed E-state index contributed by atoms with van der Waals surface area (Å²) in [4.78, 5) is 4.27. The number of thiocarbonyl (C=S) groups is 1. The van der Waals surface area contributed by atoms with E-state index in [2.05, 4.69) is 30.7 Å². The van der Waals surface area contributed by atoms with Gasteiger partial charge in [0.2, 0.25) is 0 Å². The maximum Gasteiger partial charge on any atom is 0.573 e. The fourth-order valence-electron chi connectivity index (χ4n) is 2.88. The molecule has 4 aromatic rings. The van der Waals surface area contributed by atoms with Crippen molar-refractivity contribution >= 4 is 29.2 Å². The molecule has 172 valence electrons. The van der Waals surface area contributed by atoms with E-state index in [1.165, 1.54) is 35.3 Å². The number of rotatable bonds is 6. The van der Waals surface area contributed by atoms with Crippen LogP contribution in [0.15, 0.2) is 90.3 Å². The lowest BCUT2D eigenvalue weighted by atomic mass is 10.1. The summed E-state index contributed by atoms with van der Waals surface area (Å²) < 4.78 is 42.2. The van der Waals surface area contributed by atoms with Gasteiger partial charge in [-0.05, 0) is 54.2 Å². The number of hydrazone groups is 1. The van der Waals surface area contributed by atoms with Crippen LogP contribution in [0.2, 0.25) is 0 Å². The lowest BCUT2D eigenvalue weighted by molar-refractivity contribution is -0.274. The van der Waals surface area contributed by atoms with Gasteiger partial charge in [-0.3, -0.25) is 5.43 Å². The summed E-state index contributed by atoms with van der Waals surface area (Å²) in [5.74, 6) is 0.158. The third-order valence-electron chi connectivity index (χ3n) is 4.41. The Morgan fingerprint density at radius 2 is 1.68 bits per heavy atom. The molecule has 34 heavy (non-hydrogen) atoms. The largest absolute Gasteiger partial charge is 0.573 e. The minimum Gasteiger partial charge on any atom is -0.406 e. The number of benzene rings is 3. The summed E-state index contributed by atoms with van der Waals surface area (Å²) in [6.45, 7) is 0. The zero-order chi connectivity index (χ0) is 24.0. The molecule has 0 amide bonds. The van der Waals surface area contributed by atoms with Gasteiger partial charge in [0.15, 0.2) is 10.9 Å². The Morgan fingerprint density at radius 3 is 2.35 bits per heavy atom. The Balaban J connectivity index is 1.35. The molecule has 1 heterocycles. The molecule has 0 fully saturated rings. The second kappa shape index (κ2) is 10.1. The van der Waals surface area contributed by atoms with Crippen LogP contribution in [-0.2, 0) is 0 Å². The molecule has 0 bridgehead atoms. The van der Waals surface area contributed by atoms with Gasteiger partial charge in [-0.15, -0.1) is 18.3 Å². The number of hydrogen-bond acceptors (Lipinski definition) is 5. The molecular formula is C23H17F3N6OS. The highest BCUT2D eigenvalue weighted by atomic mass is 32.1. The van der Waals surface area contributed by atoms with Crippen LogP contribution in [0.25, 0.3) is 17.1 Å². The third-order valence-corrected chi connectivity index (χ3v) is 4.60. The fourth-order valence-corrected chi connectivity index (χ4v) is 3.06. The van der Waals surface area contributed by atoms with E-state index in [4.69, 9.17) is 12.2 Å². The summed E-state index contributed by atoms with van der Waals surface area (Å²) in [7, 11) is 0. The second-order valence-corrected chi connectivity index (χ2v) is 7.27. The minimum absolute atomic E-state index is 0.306. The first-order valence-electron chi connectivity index (χ1n) is 9.89. The van der Waals surface area contributed by atoms with E-state index in [1.54, 1.807) is 6.21 Å². The summed E-state index contributed by atoms with van der Waals surface area (Å²) >= 11 is 5.20. The number of anilines is 1. The number of nitrogens with one attached hydrogen (secondary N) is 2. The zero-order valence-electron chi connectivity index (χ0n) is 17.4. The average molecular weight is 482 g/mol. The molecule has 0 saturated heterocycles. The maximum absolute atomic E-state index is 12.3. The molecule has 0 aliphatic carbocycles. The van der Waals surface area contributed by atoms with Crippen molar-refractivity contribution < 1.29 is 17.9 Å². The van der Waals surface area contributed by atoms with Crippen molar-refractivity contribution in [2.75, 3.05) is 5.32 Å². The van der Waals surface area contributed by atoms with Gasteiger partial charge >= 0.3 is 6.36 Å². The number of halogens is 3. The molecular weight excluding hydrogens is 465 g/mol. The van der Waals surface area contributed by atoms with Crippen molar-refractivity contribution in [1.29, 1.82) is 0 Å². The van der Waals surface area contributed by atoms with Crippen molar-refractivity contribution in [1.82, 2.24) is 20.2 Å². The maximum atomic E-state index is 12.3. The lowest BCUT2D eigenvalue weighted by Crippen LogP contribution is -2.23. The van der Waals surface area contributed by atoms with Crippen LogP contribution in [0.4, 0.5) is 18.9 Å². The first kappa shape index (κ1) is 22.9. The number of nitrogens with zero attached hydrogens (tertiary/aromatic N) is 4. The van der Waals surface area contributed by atoms with Crippen LogP contribution < -0.4 is 15.5 Å². The number of para-hydroxylation sites is 1. The second-order valence-electron chi connectivity index (χ2n) is 6.87. The standard InChI is InChI=1S/C23H17F3N6OS/c24-23(25,26)33-20-12-10-19(11-13-20)32-15-27-21(31-32)17-8-6-16(7-9-17)14-28-30-22(34)29-18-4-2-1-3-5-18/h1-15H,(H2,29,30,34). The number of ether oxygens (including phenoxy) is 1. The Kier molecular flexibility index (Phi) is 6.83. The first-order chi connectivity index (χ1) is 16.4. The molecule has 1 aromatic heterocycles. The molecule has 4 rings (SSSR count). The van der Waals surface area contributed by atoms with Crippen molar-refractivity contribution in [3.63, 3.8) is 0 Å². The first-order valence-corrected chi connectivity index (χ1v) is 10.3. The topological polar surface area (TPSA) is 76.4 Å². The van der Waals surface area contributed by atoms with E-state index in [1.807, 2.05) is 54.6 Å². The van der Waals surface area contributed by atoms with E-state index < -0.39 is 6.36 Å². The quantitative estimate of drug-likeness (QED) is 0.225. The molecule has 7 nitrogen and oxygen atoms in total. The van der Waals surface area contributed by atoms with Gasteiger partial charge in [0.25, 0.3) is 0 Å². The highest BCUT2D eigenvalue weighted by Crippen LogP contribution is 2.24. The number of alkyl halides is 3. The highest BCUT2D eigenvalue weighted by Gasteiger charge is 2.31. The van der Waals surface area contributed by atoms with Crippen LogP contribution in [-0.4, -0.2) is 32.5 Å². The van der Waals surface area contributed by atoms with E-state index in [0.717, 1.165) is 16.8 Å². The molecule has 0 saturated carbocycles. The van der Waals surface area contributed by atoms with Crippen LogP contribution in [0, 0.1) is 0 Å². The van der Waals surface area contributed by atoms with Gasteiger partial charge in [-0.2, -0.15) is 5.10 Å². The third kappa shape index (κ3) is 6.39. The molecule has 3 aromatic carbocycles. The van der Waals surface area contributed by atoms with E-state index >= 15 is 0 Å². The molecule has 0 atom stereocenters. The number of hydrogen-bond donors (Lipinski definition) is 2. The Hall–Kier alpha value is -4.25. The predicted octanol–water partition coefficient (Wildman–Crippen LogP) is 5.15. The van der Waals surface area contributed by atoms with E-state index in [0.29, 0.717) is 16.6 Å². The van der Waals surface area contributed by atoms with Crippen molar-refractivity contribution in [2.45, 2.75) is 6.36 Å². The summed E-state index contributed by atoms with van der Waals surface area (Å²) in [6.07, 6.45) is -1.63. The normalized spacial score (nSPS) is 11.4. The molecule has 0 radical (unpaired) electrons. The SMILES string of the molecule is FC(F)(F)Oc1ccc(-n2cnc(-c3ccc(C=NNC(=S)Nc4ccccc4)cc3)n2)cc1. The highest BCUT2D eigenvalue weighted by molar-refractivity contribution is 7.80. The molecule has 0 spiro atoms. The predicted molar refractivity (Wildman–Crippen MR) is 127 cm³/mol. The van der Waals surface area contributed by atoms with Crippen molar-refractivity contribution in [3.8, 4) is 22.8 Å². The van der Waals surface area contributed by atoms with Gasteiger partial charge in [0.05, 0.1) is 11.9 Å². The van der Waals surface area contributed by atoms with Crippen LogP contribution >= 0.6 is 12.2 Å². The molecule has 0 aliphatic heterocycles. The smallest absolute Gasteiger partial charge is 0.406 e. The lowest BCUT2D eigenvalue weighted by Gasteiger charge is -2.09. The Labute approximate surface area is 197 Å². The van der Waals surface area contributed by atoms with Gasteiger partial charge in [-0.1, -0.05) is 42.5 Å². The van der Waals surface area contributed by atoms with Crippen LogP contribution in [0.1, 0.15) is 5.56 Å². The van der Waals surface area contributed by atoms with Crippen LogP contribution in [0.3, 0.4) is 0 Å². The molecule has 0 unspecified atom stereocenters. The molecule has 0 aliphatic rings. The monoisotopic (exact) mass is 482 g/mol. The van der Waals surface area contributed by atoms with Crippen molar-refractivity contribution in [3.05, 3.63) is 90.8 Å². The van der Waals surface area contributed by atoms with Gasteiger partial charge < -0.3 is 10.1 Å². The zero-order valence-corrected chi connectivity index (χ0v) is 18.2. The van der Waals surface area contributed by atoms with Crippen LogP contribution in [0.5, 0.6) is 5.75 Å². The van der Waals surface area contributed by atoms with Crippen molar-refractivity contribution in [2.24, 2.45) is 5.10 Å². The summed E-state index contributed by atoms with van der Waals surface area (Å²) in [5.41, 5.74) is 5.76. The Bertz CT molecular complexity index is 1270. The van der Waals surface area contributed by atoms with E-state index in [-0.39, 0.29) is 5.75 Å². The van der Waals surface area contributed by atoms with E-state index in [9.17, 15) is 13.2 Å². The summed E-state index contributed by atoms with van der Waals surface area (Å²) in [5, 5.41) is 11.9. The minimum atomic E-state index is -4.74. The number of aromatic nitrogens is 3. The molecule has 11 heteroatoms. The Morgan fingerprint density at radius 1 is 0.971 bits per heavy atom. The van der Waals surface area contributed by atoms with Gasteiger partial charge in [0.1, 0.15) is 12.1 Å². The molecule has 2 N–H and O–H groups in total. The van der Waals surface area contributed by atoms with Gasteiger partial charge in [0, 0.05) is 11.3 Å². The average Bonchev–Trinajstić information content (AvgIpc) is 3.30. The summed E-state index contributed by atoms with van der Waals surface area (Å²) in [6, 6.07) is 22.2.